The van der Waals surface area contributed by atoms with Gasteiger partial charge in [0.05, 0.1) is 6.61 Å². The maximum absolute atomic E-state index is 13.4. The van der Waals surface area contributed by atoms with E-state index in [1.54, 1.807) is 0 Å². The molecular weight excluding hydrogens is 302 g/mol. The predicted octanol–water partition coefficient (Wildman–Crippen LogP) is 2.71. The zero-order valence-electron chi connectivity index (χ0n) is 13.4. The lowest BCUT2D eigenvalue weighted by Gasteiger charge is -2.34. The van der Waals surface area contributed by atoms with Crippen LogP contribution in [0.3, 0.4) is 0 Å². The molecule has 128 valence electrons. The van der Waals surface area contributed by atoms with Crippen molar-refractivity contribution in [2.75, 3.05) is 19.7 Å². The topological polar surface area (TPSA) is 55.6 Å². The average molecular weight is 326 g/mol. The third kappa shape index (κ3) is 5.16. The van der Waals surface area contributed by atoms with Gasteiger partial charge in [0.1, 0.15) is 5.82 Å². The van der Waals surface area contributed by atoms with E-state index in [2.05, 4.69) is 0 Å². The average Bonchev–Trinajstić information content (AvgIpc) is 2.53. The molecule has 1 aromatic rings. The van der Waals surface area contributed by atoms with Crippen LogP contribution in [0.25, 0.3) is 0 Å². The quantitative estimate of drug-likeness (QED) is 0.818. The van der Waals surface area contributed by atoms with Gasteiger partial charge in [-0.15, -0.1) is 0 Å². The molecule has 0 saturated carbocycles. The monoisotopic (exact) mass is 326 g/mol. The highest BCUT2D eigenvalue weighted by atomic mass is 19.1. The zero-order valence-corrected chi connectivity index (χ0v) is 13.4. The van der Waals surface area contributed by atoms with Gasteiger partial charge >= 0.3 is 0 Å². The van der Waals surface area contributed by atoms with Crippen LogP contribution < -0.4 is 10.5 Å². The highest BCUT2D eigenvalue weighted by Crippen LogP contribution is 2.20. The second-order valence-corrected chi connectivity index (χ2v) is 6.13. The molecule has 0 aromatic heterocycles. The number of ether oxygens (including phenoxy) is 1. The molecule has 4 nitrogen and oxygen atoms in total. The smallest absolute Gasteiger partial charge is 0.222 e. The Balaban J connectivity index is 1.72. The molecule has 2 atom stereocenters. The third-order valence-corrected chi connectivity index (χ3v) is 4.24. The van der Waals surface area contributed by atoms with E-state index >= 15 is 0 Å². The van der Waals surface area contributed by atoms with Crippen molar-refractivity contribution >= 4 is 5.91 Å². The number of amides is 1. The van der Waals surface area contributed by atoms with Gasteiger partial charge in [-0.2, -0.15) is 0 Å². The lowest BCUT2D eigenvalue weighted by atomic mass is 9.92. The van der Waals surface area contributed by atoms with Crippen LogP contribution in [0.1, 0.15) is 32.6 Å². The van der Waals surface area contributed by atoms with Crippen molar-refractivity contribution in [3.8, 4) is 5.75 Å². The lowest BCUT2D eigenvalue weighted by molar-refractivity contribution is -0.133. The number of carbonyl (C=O) groups is 1. The summed E-state index contributed by atoms with van der Waals surface area (Å²) in [5, 5.41) is 0. The van der Waals surface area contributed by atoms with E-state index in [0.717, 1.165) is 31.5 Å². The Hall–Kier alpha value is -1.69. The van der Waals surface area contributed by atoms with E-state index in [0.29, 0.717) is 25.3 Å². The predicted molar refractivity (Wildman–Crippen MR) is 84.0 cm³/mol. The van der Waals surface area contributed by atoms with Crippen LogP contribution in [-0.2, 0) is 4.79 Å². The van der Waals surface area contributed by atoms with Crippen LogP contribution in [-0.4, -0.2) is 36.5 Å². The van der Waals surface area contributed by atoms with E-state index in [1.807, 2.05) is 11.8 Å². The fraction of sp³-hybridized carbons (Fsp3) is 0.588. The van der Waals surface area contributed by atoms with Gasteiger partial charge in [0.2, 0.25) is 5.91 Å². The summed E-state index contributed by atoms with van der Waals surface area (Å²) in [5.41, 5.74) is 5.92. The van der Waals surface area contributed by atoms with Crippen molar-refractivity contribution < 1.29 is 18.3 Å². The van der Waals surface area contributed by atoms with Gasteiger partial charge in [-0.05, 0) is 44.2 Å². The van der Waals surface area contributed by atoms with Crippen LogP contribution in [0.5, 0.6) is 5.75 Å². The summed E-state index contributed by atoms with van der Waals surface area (Å²) in [5.74, 6) is -0.921. The standard InChI is InChI=1S/C17H24F2N2O2/c1-12(20)13-4-2-8-21(11-13)17(22)5-3-9-23-16-7-6-14(18)10-15(16)19/h6-7,10,12-13H,2-5,8-9,11,20H2,1H3/t12-,13-/m1/s1. The Morgan fingerprint density at radius 2 is 2.26 bits per heavy atom. The van der Waals surface area contributed by atoms with Crippen LogP contribution >= 0.6 is 0 Å². The molecule has 0 bridgehead atoms. The van der Waals surface area contributed by atoms with Gasteiger partial charge in [-0.25, -0.2) is 8.78 Å². The third-order valence-electron chi connectivity index (χ3n) is 4.24. The largest absolute Gasteiger partial charge is 0.491 e. The Labute approximate surface area is 135 Å². The van der Waals surface area contributed by atoms with Crippen molar-refractivity contribution in [2.45, 2.75) is 38.6 Å². The highest BCUT2D eigenvalue weighted by molar-refractivity contribution is 5.76. The number of nitrogens with two attached hydrogens (primary N) is 1. The van der Waals surface area contributed by atoms with E-state index < -0.39 is 11.6 Å². The molecule has 0 spiro atoms. The summed E-state index contributed by atoms with van der Waals surface area (Å²) >= 11 is 0. The number of halogens is 2. The van der Waals surface area contributed by atoms with Gasteiger partial charge in [-0.3, -0.25) is 4.79 Å². The number of rotatable bonds is 6. The molecule has 6 heteroatoms. The van der Waals surface area contributed by atoms with Crippen molar-refractivity contribution in [2.24, 2.45) is 11.7 Å². The SMILES string of the molecule is C[C@@H](N)[C@@H]1CCCN(C(=O)CCCOc2ccc(F)cc2F)C1. The molecule has 1 aromatic carbocycles. The highest BCUT2D eigenvalue weighted by Gasteiger charge is 2.25. The molecule has 23 heavy (non-hydrogen) atoms. The Morgan fingerprint density at radius 3 is 2.96 bits per heavy atom. The molecule has 1 amide bonds. The van der Waals surface area contributed by atoms with Crippen LogP contribution in [0.4, 0.5) is 8.78 Å². The number of carbonyl (C=O) groups excluding carboxylic acids is 1. The normalized spacial score (nSPS) is 19.5. The molecule has 1 heterocycles. The van der Waals surface area contributed by atoms with Gasteiger partial charge in [0.15, 0.2) is 11.6 Å². The molecule has 0 radical (unpaired) electrons. The van der Waals surface area contributed by atoms with Crippen molar-refractivity contribution in [3.63, 3.8) is 0 Å². The number of hydrogen-bond donors (Lipinski definition) is 1. The van der Waals surface area contributed by atoms with Crippen LogP contribution in [0, 0.1) is 17.6 Å². The molecule has 1 fully saturated rings. The summed E-state index contributed by atoms with van der Waals surface area (Å²) in [6.07, 6.45) is 2.90. The van der Waals surface area contributed by atoms with Gasteiger partial charge in [0, 0.05) is 31.6 Å². The fourth-order valence-corrected chi connectivity index (χ4v) is 2.82. The van der Waals surface area contributed by atoms with Crippen LogP contribution in [0.2, 0.25) is 0 Å². The first-order chi connectivity index (χ1) is 11.0. The first kappa shape index (κ1) is 17.7. The molecule has 0 unspecified atom stereocenters. The molecule has 2 N–H and O–H groups in total. The number of benzene rings is 1. The molecule has 2 rings (SSSR count). The summed E-state index contributed by atoms with van der Waals surface area (Å²) < 4.78 is 31.4. The maximum atomic E-state index is 13.4. The lowest BCUT2D eigenvalue weighted by Crippen LogP contribution is -2.45. The summed E-state index contributed by atoms with van der Waals surface area (Å²) in [4.78, 5) is 14.1. The molecule has 1 aliphatic heterocycles. The molecular formula is C17H24F2N2O2. The minimum Gasteiger partial charge on any atom is -0.491 e. The van der Waals surface area contributed by atoms with Crippen molar-refractivity contribution in [1.29, 1.82) is 0 Å². The zero-order chi connectivity index (χ0) is 16.8. The Morgan fingerprint density at radius 1 is 1.48 bits per heavy atom. The summed E-state index contributed by atoms with van der Waals surface area (Å²) in [7, 11) is 0. The number of likely N-dealkylation sites (tertiary alicyclic amines) is 1. The van der Waals surface area contributed by atoms with Crippen molar-refractivity contribution in [3.05, 3.63) is 29.8 Å². The minimum atomic E-state index is -0.730. The van der Waals surface area contributed by atoms with Crippen LogP contribution in [0.15, 0.2) is 18.2 Å². The number of hydrogen-bond acceptors (Lipinski definition) is 3. The fourth-order valence-electron chi connectivity index (χ4n) is 2.82. The first-order valence-corrected chi connectivity index (χ1v) is 8.08. The second kappa shape index (κ2) is 8.24. The molecule has 1 saturated heterocycles. The number of piperidine rings is 1. The Kier molecular flexibility index (Phi) is 6.33. The van der Waals surface area contributed by atoms with E-state index in [4.69, 9.17) is 10.5 Å². The molecule has 1 aliphatic rings. The van der Waals surface area contributed by atoms with Gasteiger partial charge in [0.25, 0.3) is 0 Å². The van der Waals surface area contributed by atoms with E-state index in [9.17, 15) is 13.6 Å². The maximum Gasteiger partial charge on any atom is 0.222 e. The van der Waals surface area contributed by atoms with E-state index in [-0.39, 0.29) is 24.3 Å². The van der Waals surface area contributed by atoms with E-state index in [1.165, 1.54) is 6.07 Å². The number of nitrogens with zero attached hydrogens (tertiary/aromatic N) is 1. The summed E-state index contributed by atoms with van der Waals surface area (Å²) in [6.45, 7) is 3.68. The Bertz CT molecular complexity index is 537. The van der Waals surface area contributed by atoms with Gasteiger partial charge in [-0.1, -0.05) is 0 Å². The summed E-state index contributed by atoms with van der Waals surface area (Å²) in [6, 6.07) is 3.27. The first-order valence-electron chi connectivity index (χ1n) is 8.08. The minimum absolute atomic E-state index is 0.00819. The molecule has 0 aliphatic carbocycles. The second-order valence-electron chi connectivity index (χ2n) is 6.13. The van der Waals surface area contributed by atoms with Crippen molar-refractivity contribution in [1.82, 2.24) is 4.90 Å². The van der Waals surface area contributed by atoms with Gasteiger partial charge < -0.3 is 15.4 Å².